The Balaban J connectivity index is 2.45. The average Bonchev–Trinajstić information content (AvgIpc) is 2.79. The first-order valence-corrected chi connectivity index (χ1v) is 6.46. The zero-order chi connectivity index (χ0) is 12.7. The maximum absolute atomic E-state index is 5.51. The standard InChI is InChI=1S/C12H24N4O/c1-4-16(5-2)9-7-11-14-12(17-15-11)10(3)6-8-13/h10H,4-9,13H2,1-3H3. The molecule has 0 bridgehead atoms. The molecule has 0 saturated carbocycles. The molecule has 1 unspecified atom stereocenters. The van der Waals surface area contributed by atoms with E-state index in [0.717, 1.165) is 38.3 Å². The summed E-state index contributed by atoms with van der Waals surface area (Å²) in [6.07, 6.45) is 1.73. The number of hydrogen-bond donors (Lipinski definition) is 1. The van der Waals surface area contributed by atoms with E-state index in [4.69, 9.17) is 10.3 Å². The molecule has 1 heterocycles. The van der Waals surface area contributed by atoms with Gasteiger partial charge in [0.1, 0.15) is 0 Å². The van der Waals surface area contributed by atoms with Gasteiger partial charge >= 0.3 is 0 Å². The second-order valence-electron chi connectivity index (χ2n) is 4.30. The lowest BCUT2D eigenvalue weighted by Crippen LogP contribution is -2.25. The molecule has 5 nitrogen and oxygen atoms in total. The van der Waals surface area contributed by atoms with Crippen LogP contribution in [0.1, 0.15) is 44.8 Å². The highest BCUT2D eigenvalue weighted by molar-refractivity contribution is 4.93. The van der Waals surface area contributed by atoms with Crippen LogP contribution in [0.25, 0.3) is 0 Å². The Labute approximate surface area is 103 Å². The second-order valence-corrected chi connectivity index (χ2v) is 4.30. The predicted molar refractivity (Wildman–Crippen MR) is 67.9 cm³/mol. The van der Waals surface area contributed by atoms with E-state index in [0.29, 0.717) is 12.4 Å². The van der Waals surface area contributed by atoms with Crippen LogP contribution in [0.4, 0.5) is 0 Å². The van der Waals surface area contributed by atoms with Crippen molar-refractivity contribution in [1.29, 1.82) is 0 Å². The molecule has 0 radical (unpaired) electrons. The van der Waals surface area contributed by atoms with Crippen molar-refractivity contribution in [2.75, 3.05) is 26.2 Å². The van der Waals surface area contributed by atoms with E-state index in [1.54, 1.807) is 0 Å². The summed E-state index contributed by atoms with van der Waals surface area (Å²) >= 11 is 0. The van der Waals surface area contributed by atoms with E-state index in [-0.39, 0.29) is 5.92 Å². The number of nitrogens with two attached hydrogens (primary N) is 1. The summed E-state index contributed by atoms with van der Waals surface area (Å²) in [6.45, 7) is 10.1. The van der Waals surface area contributed by atoms with Crippen LogP contribution < -0.4 is 5.73 Å². The summed E-state index contributed by atoms with van der Waals surface area (Å²) in [6, 6.07) is 0. The van der Waals surface area contributed by atoms with Crippen LogP contribution in [0.2, 0.25) is 0 Å². The van der Waals surface area contributed by atoms with Crippen LogP contribution in [-0.4, -0.2) is 41.2 Å². The van der Waals surface area contributed by atoms with E-state index in [9.17, 15) is 0 Å². The van der Waals surface area contributed by atoms with Crippen molar-refractivity contribution in [3.63, 3.8) is 0 Å². The van der Waals surface area contributed by atoms with Crippen LogP contribution in [0.15, 0.2) is 4.52 Å². The number of likely N-dealkylation sites (N-methyl/N-ethyl adjacent to an activating group) is 1. The van der Waals surface area contributed by atoms with E-state index in [1.165, 1.54) is 0 Å². The van der Waals surface area contributed by atoms with Gasteiger partial charge in [-0.2, -0.15) is 4.98 Å². The highest BCUT2D eigenvalue weighted by Crippen LogP contribution is 2.15. The van der Waals surface area contributed by atoms with Crippen molar-refractivity contribution in [3.05, 3.63) is 11.7 Å². The first kappa shape index (κ1) is 14.1. The maximum atomic E-state index is 5.51. The Bertz CT molecular complexity index is 309. The first-order valence-electron chi connectivity index (χ1n) is 6.46. The Morgan fingerprint density at radius 2 is 2.06 bits per heavy atom. The van der Waals surface area contributed by atoms with Crippen LogP contribution >= 0.6 is 0 Å². The highest BCUT2D eigenvalue weighted by atomic mass is 16.5. The van der Waals surface area contributed by atoms with E-state index in [2.05, 4.69) is 35.8 Å². The van der Waals surface area contributed by atoms with Crippen LogP contribution in [-0.2, 0) is 6.42 Å². The smallest absolute Gasteiger partial charge is 0.229 e. The zero-order valence-corrected chi connectivity index (χ0v) is 11.1. The maximum Gasteiger partial charge on any atom is 0.229 e. The third-order valence-electron chi connectivity index (χ3n) is 3.05. The number of hydrogen-bond acceptors (Lipinski definition) is 5. The van der Waals surface area contributed by atoms with Gasteiger partial charge in [0.05, 0.1) is 0 Å². The zero-order valence-electron chi connectivity index (χ0n) is 11.1. The van der Waals surface area contributed by atoms with Crippen molar-refractivity contribution >= 4 is 0 Å². The second kappa shape index (κ2) is 7.40. The molecule has 1 aromatic heterocycles. The van der Waals surface area contributed by atoms with Crippen molar-refractivity contribution < 1.29 is 4.52 Å². The molecule has 0 spiro atoms. The predicted octanol–water partition coefficient (Wildman–Crippen LogP) is 1.41. The minimum Gasteiger partial charge on any atom is -0.339 e. The summed E-state index contributed by atoms with van der Waals surface area (Å²) in [4.78, 5) is 6.76. The van der Waals surface area contributed by atoms with Crippen LogP contribution in [0.3, 0.4) is 0 Å². The Hall–Kier alpha value is -0.940. The average molecular weight is 240 g/mol. The van der Waals surface area contributed by atoms with Gasteiger partial charge in [-0.15, -0.1) is 0 Å². The molecule has 98 valence electrons. The molecule has 0 aliphatic heterocycles. The molecule has 0 amide bonds. The Kier molecular flexibility index (Phi) is 6.15. The quantitative estimate of drug-likeness (QED) is 0.744. The Morgan fingerprint density at radius 1 is 1.35 bits per heavy atom. The largest absolute Gasteiger partial charge is 0.339 e. The molecule has 5 heteroatoms. The molecule has 17 heavy (non-hydrogen) atoms. The van der Waals surface area contributed by atoms with E-state index in [1.807, 2.05) is 0 Å². The third-order valence-corrected chi connectivity index (χ3v) is 3.05. The molecule has 1 aromatic rings. The lowest BCUT2D eigenvalue weighted by Gasteiger charge is -2.16. The molecule has 0 saturated heterocycles. The van der Waals surface area contributed by atoms with Gasteiger partial charge in [-0.05, 0) is 26.1 Å². The molecule has 0 fully saturated rings. The first-order chi connectivity index (χ1) is 8.21. The summed E-state index contributed by atoms with van der Waals surface area (Å²) in [7, 11) is 0. The number of rotatable bonds is 8. The van der Waals surface area contributed by atoms with Crippen molar-refractivity contribution in [2.24, 2.45) is 5.73 Å². The van der Waals surface area contributed by atoms with Gasteiger partial charge in [0, 0.05) is 18.9 Å². The van der Waals surface area contributed by atoms with Gasteiger partial charge in [0.25, 0.3) is 0 Å². The monoisotopic (exact) mass is 240 g/mol. The van der Waals surface area contributed by atoms with Crippen LogP contribution in [0, 0.1) is 0 Å². The third kappa shape index (κ3) is 4.44. The van der Waals surface area contributed by atoms with Gasteiger partial charge in [-0.3, -0.25) is 0 Å². The molecule has 0 aliphatic rings. The van der Waals surface area contributed by atoms with Gasteiger partial charge in [-0.25, -0.2) is 0 Å². The van der Waals surface area contributed by atoms with Gasteiger partial charge < -0.3 is 15.2 Å². The minimum atomic E-state index is 0.259. The lowest BCUT2D eigenvalue weighted by molar-refractivity contribution is 0.302. The molecule has 1 atom stereocenters. The normalized spacial score (nSPS) is 13.2. The fourth-order valence-corrected chi connectivity index (χ4v) is 1.74. The van der Waals surface area contributed by atoms with E-state index < -0.39 is 0 Å². The molecule has 2 N–H and O–H groups in total. The highest BCUT2D eigenvalue weighted by Gasteiger charge is 2.13. The van der Waals surface area contributed by atoms with Gasteiger partial charge in [0.15, 0.2) is 5.82 Å². The van der Waals surface area contributed by atoms with E-state index >= 15 is 0 Å². The molecule has 0 aromatic carbocycles. The van der Waals surface area contributed by atoms with Gasteiger partial charge in [0.2, 0.25) is 5.89 Å². The Morgan fingerprint density at radius 3 is 2.65 bits per heavy atom. The molecular formula is C12H24N4O. The van der Waals surface area contributed by atoms with Gasteiger partial charge in [-0.1, -0.05) is 25.9 Å². The SMILES string of the molecule is CCN(CC)CCc1noc(C(C)CCN)n1. The molecule has 1 rings (SSSR count). The summed E-state index contributed by atoms with van der Waals surface area (Å²) in [5, 5.41) is 4.01. The molecule has 0 aliphatic carbocycles. The number of aromatic nitrogens is 2. The summed E-state index contributed by atoms with van der Waals surface area (Å²) in [5.41, 5.74) is 5.51. The summed E-state index contributed by atoms with van der Waals surface area (Å²) < 4.78 is 5.24. The summed E-state index contributed by atoms with van der Waals surface area (Å²) in [5.74, 6) is 1.77. The topological polar surface area (TPSA) is 68.2 Å². The van der Waals surface area contributed by atoms with Crippen LogP contribution in [0.5, 0.6) is 0 Å². The fourth-order valence-electron chi connectivity index (χ4n) is 1.74. The fraction of sp³-hybridized carbons (Fsp3) is 0.833. The van der Waals surface area contributed by atoms with Crippen molar-refractivity contribution in [2.45, 2.75) is 39.5 Å². The number of nitrogens with zero attached hydrogens (tertiary/aromatic N) is 3. The lowest BCUT2D eigenvalue weighted by atomic mass is 10.1. The molecular weight excluding hydrogens is 216 g/mol. The minimum absolute atomic E-state index is 0.259. The van der Waals surface area contributed by atoms with Crippen molar-refractivity contribution in [3.8, 4) is 0 Å². The van der Waals surface area contributed by atoms with Crippen molar-refractivity contribution in [1.82, 2.24) is 15.0 Å².